The molecule has 0 spiro atoms. The third-order valence-corrected chi connectivity index (χ3v) is 2.21. The van der Waals surface area contributed by atoms with E-state index in [-0.39, 0.29) is 5.56 Å². The highest BCUT2D eigenvalue weighted by Gasteiger charge is 2.07. The summed E-state index contributed by atoms with van der Waals surface area (Å²) in [5.41, 5.74) is 1.74. The maximum atomic E-state index is 11.4. The number of aromatic nitrogens is 4. The molecule has 2 aromatic heterocycles. The standard InChI is InChI=1S/C9H6N4O/c14-9-8-7(11-13-12-9)5-3-1-2-4-6(5)10-8/h1-4,10H,(H,11,12,14). The summed E-state index contributed by atoms with van der Waals surface area (Å²) in [5, 5.41) is 10.6. The summed E-state index contributed by atoms with van der Waals surface area (Å²) in [6, 6.07) is 7.61. The van der Waals surface area contributed by atoms with Crippen molar-refractivity contribution in [3.8, 4) is 0 Å². The van der Waals surface area contributed by atoms with Gasteiger partial charge in [-0.2, -0.15) is 0 Å². The monoisotopic (exact) mass is 186 g/mol. The summed E-state index contributed by atoms with van der Waals surface area (Å²) >= 11 is 0. The number of nitrogens with one attached hydrogen (secondary N) is 2. The van der Waals surface area contributed by atoms with Gasteiger partial charge in [0.1, 0.15) is 11.0 Å². The number of nitrogens with zero attached hydrogens (tertiary/aromatic N) is 2. The first-order valence-electron chi connectivity index (χ1n) is 4.18. The zero-order valence-corrected chi connectivity index (χ0v) is 7.11. The quantitative estimate of drug-likeness (QED) is 0.545. The summed E-state index contributed by atoms with van der Waals surface area (Å²) in [7, 11) is 0. The smallest absolute Gasteiger partial charge is 0.291 e. The molecule has 1 aromatic carbocycles. The van der Waals surface area contributed by atoms with Crippen molar-refractivity contribution in [1.82, 2.24) is 20.4 Å². The van der Waals surface area contributed by atoms with Gasteiger partial charge in [0.15, 0.2) is 0 Å². The molecule has 0 aliphatic rings. The number of fused-ring (bicyclic) bond motifs is 3. The predicted molar refractivity (Wildman–Crippen MR) is 52.0 cm³/mol. The number of benzene rings is 1. The topological polar surface area (TPSA) is 74.4 Å². The molecule has 0 atom stereocenters. The van der Waals surface area contributed by atoms with Gasteiger partial charge in [0.25, 0.3) is 5.56 Å². The largest absolute Gasteiger partial charge is 0.349 e. The third-order valence-electron chi connectivity index (χ3n) is 2.21. The fourth-order valence-electron chi connectivity index (χ4n) is 1.57. The Balaban J connectivity index is 2.70. The number of hydrogen-bond acceptors (Lipinski definition) is 3. The van der Waals surface area contributed by atoms with E-state index in [1.807, 2.05) is 24.3 Å². The minimum absolute atomic E-state index is 0.244. The molecule has 0 fully saturated rings. The highest BCUT2D eigenvalue weighted by atomic mass is 16.1. The van der Waals surface area contributed by atoms with E-state index in [0.717, 1.165) is 10.9 Å². The van der Waals surface area contributed by atoms with Crippen LogP contribution in [-0.2, 0) is 0 Å². The maximum absolute atomic E-state index is 11.4. The number of para-hydroxylation sites is 1. The molecule has 0 bridgehead atoms. The third kappa shape index (κ3) is 0.806. The number of rotatable bonds is 0. The molecule has 14 heavy (non-hydrogen) atoms. The van der Waals surface area contributed by atoms with Crippen molar-refractivity contribution in [3.05, 3.63) is 34.6 Å². The second-order valence-corrected chi connectivity index (χ2v) is 3.04. The predicted octanol–water partition coefficient (Wildman–Crippen LogP) is 0.799. The van der Waals surface area contributed by atoms with Crippen LogP contribution in [0.3, 0.4) is 0 Å². The van der Waals surface area contributed by atoms with Crippen molar-refractivity contribution in [2.24, 2.45) is 0 Å². The molecule has 0 saturated heterocycles. The molecule has 2 N–H and O–H groups in total. The molecule has 3 aromatic rings. The number of hydrogen-bond donors (Lipinski definition) is 2. The van der Waals surface area contributed by atoms with Crippen LogP contribution in [0.15, 0.2) is 29.1 Å². The lowest BCUT2D eigenvalue weighted by Gasteiger charge is -1.85. The van der Waals surface area contributed by atoms with Crippen LogP contribution in [0.1, 0.15) is 0 Å². The normalized spacial score (nSPS) is 11.1. The van der Waals surface area contributed by atoms with Gasteiger partial charge in [-0.05, 0) is 6.07 Å². The Morgan fingerprint density at radius 2 is 2.07 bits per heavy atom. The van der Waals surface area contributed by atoms with Crippen molar-refractivity contribution in [1.29, 1.82) is 0 Å². The first-order chi connectivity index (χ1) is 6.86. The molecule has 5 nitrogen and oxygen atoms in total. The van der Waals surface area contributed by atoms with Crippen LogP contribution in [0, 0.1) is 0 Å². The Morgan fingerprint density at radius 1 is 1.21 bits per heavy atom. The van der Waals surface area contributed by atoms with Crippen LogP contribution in [0.2, 0.25) is 0 Å². The minimum atomic E-state index is -0.244. The van der Waals surface area contributed by atoms with Crippen molar-refractivity contribution < 1.29 is 0 Å². The summed E-state index contributed by atoms with van der Waals surface area (Å²) in [6.45, 7) is 0. The Morgan fingerprint density at radius 3 is 3.00 bits per heavy atom. The van der Waals surface area contributed by atoms with Gasteiger partial charge < -0.3 is 4.98 Å². The highest BCUT2D eigenvalue weighted by molar-refractivity contribution is 6.03. The van der Waals surface area contributed by atoms with Crippen LogP contribution >= 0.6 is 0 Å². The van der Waals surface area contributed by atoms with Crippen LogP contribution < -0.4 is 5.56 Å². The SMILES string of the molecule is O=c1[nH]nnc2c1[nH]c1ccccc12. The van der Waals surface area contributed by atoms with Crippen molar-refractivity contribution in [2.45, 2.75) is 0 Å². The van der Waals surface area contributed by atoms with Gasteiger partial charge in [-0.25, -0.2) is 5.10 Å². The molecule has 0 unspecified atom stereocenters. The minimum Gasteiger partial charge on any atom is -0.349 e. The van der Waals surface area contributed by atoms with Crippen molar-refractivity contribution in [3.63, 3.8) is 0 Å². The van der Waals surface area contributed by atoms with E-state index in [2.05, 4.69) is 20.4 Å². The molecule has 5 heteroatoms. The lowest BCUT2D eigenvalue weighted by molar-refractivity contribution is 0.872. The van der Waals surface area contributed by atoms with Gasteiger partial charge in [-0.15, -0.1) is 5.10 Å². The first-order valence-corrected chi connectivity index (χ1v) is 4.18. The van der Waals surface area contributed by atoms with Crippen LogP contribution in [0.25, 0.3) is 21.9 Å². The second kappa shape index (κ2) is 2.41. The Kier molecular flexibility index (Phi) is 1.25. The zero-order valence-electron chi connectivity index (χ0n) is 7.11. The van der Waals surface area contributed by atoms with Crippen LogP contribution in [-0.4, -0.2) is 20.4 Å². The molecule has 3 rings (SSSR count). The number of aromatic amines is 2. The molecule has 68 valence electrons. The molecule has 2 heterocycles. The van der Waals surface area contributed by atoms with E-state index in [0.29, 0.717) is 11.0 Å². The van der Waals surface area contributed by atoms with Gasteiger partial charge in [0, 0.05) is 10.9 Å². The maximum Gasteiger partial charge on any atom is 0.291 e. The zero-order chi connectivity index (χ0) is 9.54. The van der Waals surface area contributed by atoms with Gasteiger partial charge >= 0.3 is 0 Å². The van der Waals surface area contributed by atoms with Gasteiger partial charge in [0.05, 0.1) is 0 Å². The van der Waals surface area contributed by atoms with Crippen LogP contribution in [0.4, 0.5) is 0 Å². The molecule has 0 aliphatic heterocycles. The number of H-pyrrole nitrogens is 2. The molecule has 0 aliphatic carbocycles. The molecule has 0 saturated carbocycles. The molecule has 0 amide bonds. The summed E-state index contributed by atoms with van der Waals surface area (Å²) in [4.78, 5) is 14.4. The second-order valence-electron chi connectivity index (χ2n) is 3.04. The fraction of sp³-hybridized carbons (Fsp3) is 0. The summed E-state index contributed by atoms with van der Waals surface area (Å²) < 4.78 is 0. The first kappa shape index (κ1) is 7.25. The Labute approximate surface area is 77.8 Å². The van der Waals surface area contributed by atoms with E-state index < -0.39 is 0 Å². The molecular weight excluding hydrogens is 180 g/mol. The van der Waals surface area contributed by atoms with Gasteiger partial charge in [0.2, 0.25) is 0 Å². The van der Waals surface area contributed by atoms with Crippen molar-refractivity contribution in [2.75, 3.05) is 0 Å². The van der Waals surface area contributed by atoms with Gasteiger partial charge in [-0.1, -0.05) is 23.4 Å². The Bertz CT molecular complexity index is 667. The average Bonchev–Trinajstić information content (AvgIpc) is 2.59. The van der Waals surface area contributed by atoms with E-state index >= 15 is 0 Å². The summed E-state index contributed by atoms with van der Waals surface area (Å²) in [6.07, 6.45) is 0. The fourth-order valence-corrected chi connectivity index (χ4v) is 1.57. The Hall–Kier alpha value is -2.17. The van der Waals surface area contributed by atoms with Crippen LogP contribution in [0.5, 0.6) is 0 Å². The van der Waals surface area contributed by atoms with Crippen molar-refractivity contribution >= 4 is 21.9 Å². The molecule has 0 radical (unpaired) electrons. The summed E-state index contributed by atoms with van der Waals surface area (Å²) in [5.74, 6) is 0. The lowest BCUT2D eigenvalue weighted by atomic mass is 10.2. The van der Waals surface area contributed by atoms with E-state index in [9.17, 15) is 4.79 Å². The molecular formula is C9H6N4O. The van der Waals surface area contributed by atoms with E-state index in [4.69, 9.17) is 0 Å². The van der Waals surface area contributed by atoms with E-state index in [1.54, 1.807) is 0 Å². The lowest BCUT2D eigenvalue weighted by Crippen LogP contribution is -2.09. The van der Waals surface area contributed by atoms with E-state index in [1.165, 1.54) is 0 Å². The highest BCUT2D eigenvalue weighted by Crippen LogP contribution is 2.19. The van der Waals surface area contributed by atoms with Gasteiger partial charge in [-0.3, -0.25) is 4.79 Å². The average molecular weight is 186 g/mol.